The van der Waals surface area contributed by atoms with Crippen molar-refractivity contribution in [3.8, 4) is 0 Å². The molecule has 1 aliphatic rings. The molecule has 1 heterocycles. The van der Waals surface area contributed by atoms with Gasteiger partial charge in [-0.25, -0.2) is 0 Å². The van der Waals surface area contributed by atoms with E-state index >= 15 is 0 Å². The van der Waals surface area contributed by atoms with Gasteiger partial charge < -0.3 is 10.1 Å². The highest BCUT2D eigenvalue weighted by molar-refractivity contribution is 5.72. The summed E-state index contributed by atoms with van der Waals surface area (Å²) in [7, 11) is 0. The lowest BCUT2D eigenvalue weighted by atomic mass is 9.90. The van der Waals surface area contributed by atoms with Gasteiger partial charge in [-0.15, -0.1) is 0 Å². The minimum atomic E-state index is -0.145. The van der Waals surface area contributed by atoms with Crippen LogP contribution in [0.1, 0.15) is 30.9 Å². The molecule has 1 fully saturated rings. The second-order valence-corrected chi connectivity index (χ2v) is 5.20. The van der Waals surface area contributed by atoms with Crippen molar-refractivity contribution in [2.45, 2.75) is 32.6 Å². The topological polar surface area (TPSA) is 38.3 Å². The van der Waals surface area contributed by atoms with Crippen molar-refractivity contribution in [3.63, 3.8) is 0 Å². The third kappa shape index (κ3) is 4.67. The number of piperidine rings is 1. The predicted octanol–water partition coefficient (Wildman–Crippen LogP) is 2.33. The summed E-state index contributed by atoms with van der Waals surface area (Å²) in [5, 5.41) is 3.39. The molecule has 0 saturated carbocycles. The van der Waals surface area contributed by atoms with Gasteiger partial charge in [0.1, 0.15) is 0 Å². The molecule has 0 aromatic heterocycles. The zero-order valence-electron chi connectivity index (χ0n) is 11.7. The quantitative estimate of drug-likeness (QED) is 0.827. The normalized spacial score (nSPS) is 16.3. The Morgan fingerprint density at radius 2 is 1.84 bits per heavy atom. The van der Waals surface area contributed by atoms with Crippen LogP contribution in [0.15, 0.2) is 24.3 Å². The second-order valence-electron chi connectivity index (χ2n) is 5.20. The van der Waals surface area contributed by atoms with Crippen molar-refractivity contribution >= 4 is 5.97 Å². The van der Waals surface area contributed by atoms with Crippen LogP contribution in [0.25, 0.3) is 0 Å². The lowest BCUT2D eigenvalue weighted by molar-refractivity contribution is -0.142. The van der Waals surface area contributed by atoms with Crippen molar-refractivity contribution in [2.75, 3.05) is 19.7 Å². The fourth-order valence-corrected chi connectivity index (χ4v) is 2.59. The summed E-state index contributed by atoms with van der Waals surface area (Å²) in [6.45, 7) is 4.57. The Hall–Kier alpha value is -1.35. The maximum Gasteiger partial charge on any atom is 0.310 e. The standard InChI is InChI=1S/C16H23NO2/c1-2-19-16(18)12-14-5-3-13(4-6-14)11-15-7-9-17-10-8-15/h3-6,15,17H,2,7-12H2,1H3. The molecule has 0 unspecified atom stereocenters. The molecule has 3 nitrogen and oxygen atoms in total. The van der Waals surface area contributed by atoms with E-state index in [0.717, 1.165) is 31.0 Å². The highest BCUT2D eigenvalue weighted by Gasteiger charge is 2.13. The summed E-state index contributed by atoms with van der Waals surface area (Å²) in [5.41, 5.74) is 2.41. The zero-order valence-corrected chi connectivity index (χ0v) is 11.7. The third-order valence-electron chi connectivity index (χ3n) is 3.66. The van der Waals surface area contributed by atoms with E-state index < -0.39 is 0 Å². The van der Waals surface area contributed by atoms with E-state index in [-0.39, 0.29) is 5.97 Å². The van der Waals surface area contributed by atoms with Gasteiger partial charge in [-0.2, -0.15) is 0 Å². The summed E-state index contributed by atoms with van der Waals surface area (Å²) in [6.07, 6.45) is 4.07. The molecule has 0 spiro atoms. The molecule has 1 N–H and O–H groups in total. The molecule has 1 saturated heterocycles. The average Bonchev–Trinajstić information content (AvgIpc) is 2.42. The molecule has 0 bridgehead atoms. The Morgan fingerprint density at radius 1 is 1.21 bits per heavy atom. The fourth-order valence-electron chi connectivity index (χ4n) is 2.59. The first kappa shape index (κ1) is 14.1. The van der Waals surface area contributed by atoms with E-state index in [1.165, 1.54) is 18.4 Å². The molecule has 0 aliphatic carbocycles. The van der Waals surface area contributed by atoms with E-state index in [0.29, 0.717) is 13.0 Å². The first-order chi connectivity index (χ1) is 9.28. The Kier molecular flexibility index (Phi) is 5.40. The van der Waals surface area contributed by atoms with Gasteiger partial charge in [0.15, 0.2) is 0 Å². The number of benzene rings is 1. The minimum absolute atomic E-state index is 0.145. The molecule has 1 aromatic carbocycles. The van der Waals surface area contributed by atoms with Crippen molar-refractivity contribution in [1.29, 1.82) is 0 Å². The van der Waals surface area contributed by atoms with Gasteiger partial charge in [0.25, 0.3) is 0 Å². The van der Waals surface area contributed by atoms with Crippen LogP contribution >= 0.6 is 0 Å². The Bertz CT molecular complexity index is 394. The Labute approximate surface area is 115 Å². The number of hydrogen-bond donors (Lipinski definition) is 1. The van der Waals surface area contributed by atoms with Gasteiger partial charge in [-0.1, -0.05) is 24.3 Å². The van der Waals surface area contributed by atoms with Crippen LogP contribution in [-0.2, 0) is 22.4 Å². The Morgan fingerprint density at radius 3 is 2.47 bits per heavy atom. The first-order valence-corrected chi connectivity index (χ1v) is 7.22. The van der Waals surface area contributed by atoms with Crippen LogP contribution < -0.4 is 5.32 Å². The van der Waals surface area contributed by atoms with Gasteiger partial charge in [0.2, 0.25) is 0 Å². The highest BCUT2D eigenvalue weighted by atomic mass is 16.5. The molecule has 0 atom stereocenters. The molecular formula is C16H23NO2. The van der Waals surface area contributed by atoms with Gasteiger partial charge in [-0.05, 0) is 56.3 Å². The summed E-state index contributed by atoms with van der Waals surface area (Å²) >= 11 is 0. The lowest BCUT2D eigenvalue weighted by Crippen LogP contribution is -2.28. The monoisotopic (exact) mass is 261 g/mol. The zero-order chi connectivity index (χ0) is 13.5. The molecule has 104 valence electrons. The van der Waals surface area contributed by atoms with Gasteiger partial charge in [0, 0.05) is 0 Å². The van der Waals surface area contributed by atoms with E-state index in [1.807, 2.05) is 19.1 Å². The minimum Gasteiger partial charge on any atom is -0.466 e. The SMILES string of the molecule is CCOC(=O)Cc1ccc(CC2CCNCC2)cc1. The number of nitrogens with one attached hydrogen (secondary N) is 1. The molecule has 1 aliphatic heterocycles. The van der Waals surface area contributed by atoms with Gasteiger partial charge >= 0.3 is 5.97 Å². The highest BCUT2D eigenvalue weighted by Crippen LogP contribution is 2.18. The molecular weight excluding hydrogens is 238 g/mol. The van der Waals surface area contributed by atoms with E-state index in [4.69, 9.17) is 4.74 Å². The molecule has 0 amide bonds. The number of carbonyl (C=O) groups excluding carboxylic acids is 1. The maximum absolute atomic E-state index is 11.4. The van der Waals surface area contributed by atoms with Crippen molar-refractivity contribution < 1.29 is 9.53 Å². The summed E-state index contributed by atoms with van der Waals surface area (Å²) < 4.78 is 4.95. The number of rotatable bonds is 5. The fraction of sp³-hybridized carbons (Fsp3) is 0.562. The second kappa shape index (κ2) is 7.29. The van der Waals surface area contributed by atoms with E-state index in [9.17, 15) is 4.79 Å². The van der Waals surface area contributed by atoms with Crippen molar-refractivity contribution in [3.05, 3.63) is 35.4 Å². The summed E-state index contributed by atoms with van der Waals surface area (Å²) in [4.78, 5) is 11.4. The van der Waals surface area contributed by atoms with Crippen LogP contribution in [0.5, 0.6) is 0 Å². The van der Waals surface area contributed by atoms with Crippen molar-refractivity contribution in [1.82, 2.24) is 5.32 Å². The predicted molar refractivity (Wildman–Crippen MR) is 76.1 cm³/mol. The molecule has 3 heteroatoms. The third-order valence-corrected chi connectivity index (χ3v) is 3.66. The van der Waals surface area contributed by atoms with E-state index in [2.05, 4.69) is 17.4 Å². The van der Waals surface area contributed by atoms with Gasteiger partial charge in [0.05, 0.1) is 13.0 Å². The van der Waals surface area contributed by atoms with Crippen LogP contribution in [0.4, 0.5) is 0 Å². The van der Waals surface area contributed by atoms with Crippen LogP contribution in [0.3, 0.4) is 0 Å². The summed E-state index contributed by atoms with van der Waals surface area (Å²) in [6, 6.07) is 8.40. The molecule has 0 radical (unpaired) electrons. The number of carbonyl (C=O) groups is 1. The molecule has 2 rings (SSSR count). The first-order valence-electron chi connectivity index (χ1n) is 7.22. The number of hydrogen-bond acceptors (Lipinski definition) is 3. The lowest BCUT2D eigenvalue weighted by Gasteiger charge is -2.22. The van der Waals surface area contributed by atoms with Crippen molar-refractivity contribution in [2.24, 2.45) is 5.92 Å². The Balaban J connectivity index is 1.85. The largest absolute Gasteiger partial charge is 0.466 e. The summed E-state index contributed by atoms with van der Waals surface area (Å²) in [5.74, 6) is 0.658. The van der Waals surface area contributed by atoms with Gasteiger partial charge in [-0.3, -0.25) is 4.79 Å². The van der Waals surface area contributed by atoms with E-state index in [1.54, 1.807) is 0 Å². The maximum atomic E-state index is 11.4. The van der Waals surface area contributed by atoms with Crippen LogP contribution in [0, 0.1) is 5.92 Å². The smallest absolute Gasteiger partial charge is 0.310 e. The average molecular weight is 261 g/mol. The molecule has 1 aromatic rings. The van der Waals surface area contributed by atoms with Crippen LogP contribution in [-0.4, -0.2) is 25.7 Å². The van der Waals surface area contributed by atoms with Crippen LogP contribution in [0.2, 0.25) is 0 Å². The number of esters is 1. The molecule has 19 heavy (non-hydrogen) atoms. The number of ether oxygens (including phenoxy) is 1.